The Morgan fingerprint density at radius 2 is 1.88 bits per heavy atom. The SMILES string of the molecule is COCCn1c(C)cc(/C=C(\C#N)C(=O)OCC(=O)Nc2ccc3ccccc3c2)c1C. The second kappa shape index (κ2) is 10.4. The summed E-state index contributed by atoms with van der Waals surface area (Å²) in [6, 6.07) is 17.1. The number of aromatic nitrogens is 1. The third kappa shape index (κ3) is 5.42. The summed E-state index contributed by atoms with van der Waals surface area (Å²) >= 11 is 0. The van der Waals surface area contributed by atoms with Gasteiger partial charge in [-0.1, -0.05) is 30.3 Å². The van der Waals surface area contributed by atoms with Crippen molar-refractivity contribution in [1.82, 2.24) is 4.57 Å². The molecule has 0 aliphatic carbocycles. The van der Waals surface area contributed by atoms with E-state index in [9.17, 15) is 14.9 Å². The number of carbonyl (C=O) groups is 2. The van der Waals surface area contributed by atoms with Crippen LogP contribution in [0.2, 0.25) is 0 Å². The van der Waals surface area contributed by atoms with Crippen molar-refractivity contribution >= 4 is 34.4 Å². The maximum Gasteiger partial charge on any atom is 0.349 e. The van der Waals surface area contributed by atoms with E-state index in [1.807, 2.05) is 66.9 Å². The minimum Gasteiger partial charge on any atom is -0.451 e. The fraction of sp³-hybridized carbons (Fsp3) is 0.240. The fourth-order valence-corrected chi connectivity index (χ4v) is 3.47. The van der Waals surface area contributed by atoms with E-state index in [1.54, 1.807) is 13.2 Å². The van der Waals surface area contributed by atoms with Crippen molar-refractivity contribution in [2.45, 2.75) is 20.4 Å². The lowest BCUT2D eigenvalue weighted by Gasteiger charge is -2.08. The van der Waals surface area contributed by atoms with Gasteiger partial charge in [0.2, 0.25) is 0 Å². The summed E-state index contributed by atoms with van der Waals surface area (Å²) in [6.45, 7) is 4.59. The van der Waals surface area contributed by atoms with Crippen LogP contribution in [0.3, 0.4) is 0 Å². The van der Waals surface area contributed by atoms with Gasteiger partial charge >= 0.3 is 5.97 Å². The molecule has 0 spiro atoms. The lowest BCUT2D eigenvalue weighted by molar-refractivity contribution is -0.142. The molecule has 1 N–H and O–H groups in total. The van der Waals surface area contributed by atoms with E-state index in [2.05, 4.69) is 5.32 Å². The van der Waals surface area contributed by atoms with Crippen LogP contribution < -0.4 is 5.32 Å². The monoisotopic (exact) mass is 431 g/mol. The molecule has 0 fully saturated rings. The number of anilines is 1. The number of esters is 1. The quantitative estimate of drug-likeness (QED) is 0.331. The van der Waals surface area contributed by atoms with E-state index >= 15 is 0 Å². The first-order valence-corrected chi connectivity index (χ1v) is 10.2. The van der Waals surface area contributed by atoms with Gasteiger partial charge in [-0.15, -0.1) is 0 Å². The fourth-order valence-electron chi connectivity index (χ4n) is 3.47. The number of fused-ring (bicyclic) bond motifs is 1. The lowest BCUT2D eigenvalue weighted by Crippen LogP contribution is -2.21. The summed E-state index contributed by atoms with van der Waals surface area (Å²) < 4.78 is 12.2. The van der Waals surface area contributed by atoms with E-state index < -0.39 is 18.5 Å². The van der Waals surface area contributed by atoms with Crippen LogP contribution in [0.4, 0.5) is 5.69 Å². The molecule has 1 heterocycles. The van der Waals surface area contributed by atoms with E-state index in [0.29, 0.717) is 18.8 Å². The first-order chi connectivity index (χ1) is 15.4. The molecule has 0 unspecified atom stereocenters. The van der Waals surface area contributed by atoms with E-state index in [-0.39, 0.29) is 5.57 Å². The summed E-state index contributed by atoms with van der Waals surface area (Å²) in [5, 5.41) is 14.2. The largest absolute Gasteiger partial charge is 0.451 e. The second-order valence-electron chi connectivity index (χ2n) is 7.33. The Morgan fingerprint density at radius 3 is 2.59 bits per heavy atom. The molecular formula is C25H25N3O4. The summed E-state index contributed by atoms with van der Waals surface area (Å²) in [5.41, 5.74) is 3.08. The van der Waals surface area contributed by atoms with E-state index in [0.717, 1.165) is 27.7 Å². The first kappa shape index (κ1) is 22.8. The lowest BCUT2D eigenvalue weighted by atomic mass is 10.1. The third-order valence-electron chi connectivity index (χ3n) is 5.14. The second-order valence-corrected chi connectivity index (χ2v) is 7.33. The van der Waals surface area contributed by atoms with Gasteiger partial charge in [0.25, 0.3) is 5.91 Å². The maximum atomic E-state index is 12.4. The number of hydrogen-bond acceptors (Lipinski definition) is 5. The van der Waals surface area contributed by atoms with Gasteiger partial charge < -0.3 is 19.4 Å². The van der Waals surface area contributed by atoms with Crippen LogP contribution in [-0.2, 0) is 25.6 Å². The zero-order valence-corrected chi connectivity index (χ0v) is 18.3. The first-order valence-electron chi connectivity index (χ1n) is 10.2. The highest BCUT2D eigenvalue weighted by molar-refractivity contribution is 6.00. The summed E-state index contributed by atoms with van der Waals surface area (Å²) in [4.78, 5) is 24.6. The van der Waals surface area contributed by atoms with Crippen LogP contribution in [0, 0.1) is 25.2 Å². The Morgan fingerprint density at radius 1 is 1.12 bits per heavy atom. The number of rotatable bonds is 8. The Hall–Kier alpha value is -3.89. The zero-order chi connectivity index (χ0) is 23.1. The average molecular weight is 431 g/mol. The number of nitriles is 1. The zero-order valence-electron chi connectivity index (χ0n) is 18.3. The molecule has 164 valence electrons. The van der Waals surface area contributed by atoms with Gasteiger partial charge in [-0.3, -0.25) is 4.79 Å². The number of nitrogens with one attached hydrogen (secondary N) is 1. The van der Waals surface area contributed by atoms with Crippen molar-refractivity contribution in [3.05, 3.63) is 71.1 Å². The molecule has 32 heavy (non-hydrogen) atoms. The number of methoxy groups -OCH3 is 1. The Bertz CT molecular complexity index is 1220. The van der Waals surface area contributed by atoms with Crippen molar-refractivity contribution in [2.75, 3.05) is 25.6 Å². The molecule has 7 heteroatoms. The molecule has 0 saturated carbocycles. The standard InChI is InChI=1S/C25H25N3O4/c1-17-12-21(18(2)28(17)10-11-31-3)13-22(15-26)25(30)32-16-24(29)27-23-9-8-19-6-4-5-7-20(19)14-23/h4-9,12-14H,10-11,16H2,1-3H3,(H,27,29)/b22-13+. The number of benzene rings is 2. The molecule has 0 atom stereocenters. The van der Waals surface area contributed by atoms with Gasteiger partial charge in [0.15, 0.2) is 6.61 Å². The van der Waals surface area contributed by atoms with E-state index in [1.165, 1.54) is 6.08 Å². The molecule has 3 rings (SSSR count). The van der Waals surface area contributed by atoms with Gasteiger partial charge in [0.05, 0.1) is 6.61 Å². The molecule has 1 amide bonds. The predicted octanol–water partition coefficient (Wildman–Crippen LogP) is 3.99. The topological polar surface area (TPSA) is 93.3 Å². The molecule has 1 aromatic heterocycles. The van der Waals surface area contributed by atoms with Crippen LogP contribution in [0.15, 0.2) is 54.1 Å². The van der Waals surface area contributed by atoms with Crippen LogP contribution >= 0.6 is 0 Å². The van der Waals surface area contributed by atoms with Crippen molar-refractivity contribution in [3.8, 4) is 6.07 Å². The van der Waals surface area contributed by atoms with Gasteiger partial charge in [-0.2, -0.15) is 5.26 Å². The highest BCUT2D eigenvalue weighted by Gasteiger charge is 2.16. The number of ether oxygens (including phenoxy) is 2. The van der Waals surface area contributed by atoms with Crippen molar-refractivity contribution in [3.63, 3.8) is 0 Å². The Balaban J connectivity index is 1.63. The van der Waals surface area contributed by atoms with Crippen LogP contribution in [0.1, 0.15) is 17.0 Å². The number of hydrogen-bond donors (Lipinski definition) is 1. The summed E-state index contributed by atoms with van der Waals surface area (Å²) in [7, 11) is 1.63. The van der Waals surface area contributed by atoms with Crippen LogP contribution in [0.5, 0.6) is 0 Å². The van der Waals surface area contributed by atoms with Gasteiger partial charge in [-0.05, 0) is 54.5 Å². The molecule has 0 saturated heterocycles. The normalized spacial score (nSPS) is 11.2. The molecule has 7 nitrogen and oxygen atoms in total. The van der Waals surface area contributed by atoms with Crippen LogP contribution in [0.25, 0.3) is 16.8 Å². The Kier molecular flexibility index (Phi) is 7.42. The number of nitrogens with zero attached hydrogens (tertiary/aromatic N) is 2. The van der Waals surface area contributed by atoms with Crippen molar-refractivity contribution in [2.24, 2.45) is 0 Å². The van der Waals surface area contributed by atoms with Crippen molar-refractivity contribution in [1.29, 1.82) is 5.26 Å². The highest BCUT2D eigenvalue weighted by Crippen LogP contribution is 2.20. The molecular weight excluding hydrogens is 406 g/mol. The summed E-state index contributed by atoms with van der Waals surface area (Å²) in [6.07, 6.45) is 1.48. The molecule has 0 radical (unpaired) electrons. The van der Waals surface area contributed by atoms with Crippen molar-refractivity contribution < 1.29 is 19.1 Å². The third-order valence-corrected chi connectivity index (χ3v) is 5.14. The molecule has 0 bridgehead atoms. The minimum atomic E-state index is -0.845. The molecule has 0 aliphatic heterocycles. The smallest absolute Gasteiger partial charge is 0.349 e. The Labute approximate surface area is 186 Å². The molecule has 2 aromatic carbocycles. The van der Waals surface area contributed by atoms with Crippen LogP contribution in [-0.4, -0.2) is 36.8 Å². The number of carbonyl (C=O) groups excluding carboxylic acids is 2. The average Bonchev–Trinajstić information content (AvgIpc) is 3.06. The summed E-state index contributed by atoms with van der Waals surface area (Å²) in [5.74, 6) is -1.33. The van der Waals surface area contributed by atoms with Gasteiger partial charge in [-0.25, -0.2) is 4.79 Å². The number of amides is 1. The molecule has 3 aromatic rings. The minimum absolute atomic E-state index is 0.171. The predicted molar refractivity (Wildman–Crippen MR) is 123 cm³/mol. The van der Waals surface area contributed by atoms with Gasteiger partial charge in [0, 0.05) is 30.7 Å². The van der Waals surface area contributed by atoms with Gasteiger partial charge in [0.1, 0.15) is 11.6 Å². The number of aryl methyl sites for hydroxylation is 1. The van der Waals surface area contributed by atoms with E-state index in [4.69, 9.17) is 9.47 Å². The highest BCUT2D eigenvalue weighted by atomic mass is 16.5. The molecule has 0 aliphatic rings. The maximum absolute atomic E-state index is 12.4.